The van der Waals surface area contributed by atoms with Crippen LogP contribution in [0.5, 0.6) is 0 Å². The van der Waals surface area contributed by atoms with Gasteiger partial charge < -0.3 is 0 Å². The third kappa shape index (κ3) is 4.58. The molecule has 12 aromatic carbocycles. The van der Waals surface area contributed by atoms with E-state index < -0.39 is 0 Å². The first-order valence-electron chi connectivity index (χ1n) is 21.4. The summed E-state index contributed by atoms with van der Waals surface area (Å²) in [5, 5.41) is 22.6. The first kappa shape index (κ1) is 33.6. The Kier molecular flexibility index (Phi) is 6.86. The molecule has 2 aromatic heterocycles. The van der Waals surface area contributed by atoms with Crippen LogP contribution in [0.25, 0.3) is 141 Å². The Hall–Kier alpha value is -8.20. The third-order valence-corrected chi connectivity index (χ3v) is 13.6. The Morgan fingerprint density at radius 2 is 0.677 bits per heavy atom. The smallest absolute Gasteiger partial charge is 0.0970 e. The number of rotatable bonds is 3. The molecular formula is C60H34N2. The minimum Gasteiger partial charge on any atom is -0.254 e. The van der Waals surface area contributed by atoms with Crippen LogP contribution in [-0.4, -0.2) is 9.97 Å². The number of hydrogen-bond acceptors (Lipinski definition) is 2. The SMILES string of the molecule is c1cnc2c(c1)cc(-c1c3ccccc3c(-c3ccc(-c4cc5cccc6c7cccc8ccc9cccc(c%10cccc4c%10c56)c9c87)cc3)c3ccccc13)c1cccnc12. The number of aromatic nitrogens is 2. The predicted octanol–water partition coefficient (Wildman–Crippen LogP) is 16.4. The topological polar surface area (TPSA) is 25.8 Å². The number of nitrogens with zero attached hydrogens (tertiary/aromatic N) is 2. The van der Waals surface area contributed by atoms with Gasteiger partial charge in [0.1, 0.15) is 0 Å². The van der Waals surface area contributed by atoms with Crippen LogP contribution in [0.4, 0.5) is 0 Å². The van der Waals surface area contributed by atoms with E-state index in [4.69, 9.17) is 9.97 Å². The second-order valence-corrected chi connectivity index (χ2v) is 16.7. The molecule has 0 bridgehead atoms. The van der Waals surface area contributed by atoms with E-state index in [1.54, 1.807) is 0 Å². The Morgan fingerprint density at radius 1 is 0.242 bits per heavy atom. The predicted molar refractivity (Wildman–Crippen MR) is 265 cm³/mol. The Labute approximate surface area is 356 Å². The molecule has 0 radical (unpaired) electrons. The fraction of sp³-hybridized carbons (Fsp3) is 0. The zero-order chi connectivity index (χ0) is 40.5. The van der Waals surface area contributed by atoms with E-state index in [2.05, 4.69) is 182 Å². The summed E-state index contributed by atoms with van der Waals surface area (Å²) >= 11 is 0. The minimum atomic E-state index is 0.925. The maximum atomic E-state index is 4.87. The van der Waals surface area contributed by atoms with E-state index in [-0.39, 0.29) is 0 Å². The van der Waals surface area contributed by atoms with Gasteiger partial charge in [-0.2, -0.15) is 0 Å². The van der Waals surface area contributed by atoms with Gasteiger partial charge in [0.05, 0.1) is 11.0 Å². The van der Waals surface area contributed by atoms with E-state index in [9.17, 15) is 0 Å². The first-order valence-corrected chi connectivity index (χ1v) is 21.4. The van der Waals surface area contributed by atoms with Crippen molar-refractivity contribution in [3.63, 3.8) is 0 Å². The average Bonchev–Trinajstić information content (AvgIpc) is 3.34. The molecule has 62 heavy (non-hydrogen) atoms. The summed E-state index contributed by atoms with van der Waals surface area (Å²) < 4.78 is 0. The van der Waals surface area contributed by atoms with E-state index in [0.717, 1.165) is 21.8 Å². The summed E-state index contributed by atoms with van der Waals surface area (Å²) in [6.07, 6.45) is 3.73. The molecule has 0 aliphatic rings. The third-order valence-electron chi connectivity index (χ3n) is 13.6. The van der Waals surface area contributed by atoms with Gasteiger partial charge in [-0.05, 0) is 144 Å². The molecule has 0 aliphatic heterocycles. The van der Waals surface area contributed by atoms with Gasteiger partial charge >= 0.3 is 0 Å². The van der Waals surface area contributed by atoms with Crippen molar-refractivity contribution in [2.24, 2.45) is 0 Å². The van der Waals surface area contributed by atoms with Gasteiger partial charge in [0.25, 0.3) is 0 Å². The summed E-state index contributed by atoms with van der Waals surface area (Å²) in [5.74, 6) is 0. The largest absolute Gasteiger partial charge is 0.254 e. The summed E-state index contributed by atoms with van der Waals surface area (Å²) in [6, 6.07) is 72.2. The van der Waals surface area contributed by atoms with Gasteiger partial charge in [-0.25, -0.2) is 0 Å². The lowest BCUT2D eigenvalue weighted by Crippen LogP contribution is -1.93. The number of benzene rings is 11. The lowest BCUT2D eigenvalue weighted by Gasteiger charge is -2.20. The molecule has 0 saturated heterocycles. The van der Waals surface area contributed by atoms with Crippen LogP contribution in [0, 0.1) is 0 Å². The number of fused-ring (bicyclic) bond motifs is 7. The Morgan fingerprint density at radius 3 is 1.32 bits per heavy atom. The van der Waals surface area contributed by atoms with Crippen LogP contribution in [0.3, 0.4) is 0 Å². The van der Waals surface area contributed by atoms with Crippen LogP contribution in [0.1, 0.15) is 0 Å². The standard InChI is InChI=1S/C60H34N2/c1-3-17-46-41(15-1)53(42-16-2-4-18-47(42)57(46)52-34-40-14-9-31-61-59(40)60-50(52)24-10-32-62-60)38-27-25-35(26-28-38)51-33-39-13-7-21-44-43-19-5-11-36-29-30-37-12-6-20-45(55(37)54(36)43)48-22-8-23-49(51)58(48)56(39)44/h1-34H. The van der Waals surface area contributed by atoms with Crippen LogP contribution in [-0.2, 0) is 0 Å². The summed E-state index contributed by atoms with van der Waals surface area (Å²) in [4.78, 5) is 9.64. The highest BCUT2D eigenvalue weighted by molar-refractivity contribution is 6.38. The quantitative estimate of drug-likeness (QED) is 0.132. The first-order chi connectivity index (χ1) is 30.8. The van der Waals surface area contributed by atoms with Crippen LogP contribution in [0.15, 0.2) is 207 Å². The maximum Gasteiger partial charge on any atom is 0.0970 e. The molecule has 14 aromatic rings. The van der Waals surface area contributed by atoms with Crippen molar-refractivity contribution >= 4 is 108 Å². The normalized spacial score (nSPS) is 12.2. The van der Waals surface area contributed by atoms with E-state index in [1.807, 2.05) is 24.5 Å². The second kappa shape index (κ2) is 12.7. The van der Waals surface area contributed by atoms with Gasteiger partial charge in [0.15, 0.2) is 0 Å². The van der Waals surface area contributed by atoms with Gasteiger partial charge in [0, 0.05) is 23.2 Å². The van der Waals surface area contributed by atoms with Gasteiger partial charge in [0.2, 0.25) is 0 Å². The van der Waals surface area contributed by atoms with Crippen molar-refractivity contribution in [1.82, 2.24) is 9.97 Å². The monoisotopic (exact) mass is 782 g/mol. The molecule has 2 nitrogen and oxygen atoms in total. The highest BCUT2D eigenvalue weighted by atomic mass is 14.7. The molecule has 0 aliphatic carbocycles. The Balaban J connectivity index is 1.02. The summed E-state index contributed by atoms with van der Waals surface area (Å²) in [5.41, 5.74) is 9.13. The zero-order valence-corrected chi connectivity index (χ0v) is 33.5. The highest BCUT2D eigenvalue weighted by Crippen LogP contribution is 2.48. The minimum absolute atomic E-state index is 0.925. The van der Waals surface area contributed by atoms with Crippen LogP contribution >= 0.6 is 0 Å². The Bertz CT molecular complexity index is 4140. The molecule has 0 amide bonds. The molecule has 0 fully saturated rings. The zero-order valence-electron chi connectivity index (χ0n) is 33.5. The van der Waals surface area contributed by atoms with E-state index in [1.165, 1.54) is 120 Å². The number of pyridine rings is 2. The molecule has 0 N–H and O–H groups in total. The van der Waals surface area contributed by atoms with Crippen molar-refractivity contribution in [3.8, 4) is 33.4 Å². The van der Waals surface area contributed by atoms with Crippen molar-refractivity contribution < 1.29 is 0 Å². The molecule has 14 rings (SSSR count). The van der Waals surface area contributed by atoms with Crippen molar-refractivity contribution in [2.45, 2.75) is 0 Å². The second-order valence-electron chi connectivity index (χ2n) is 16.7. The summed E-state index contributed by atoms with van der Waals surface area (Å²) in [7, 11) is 0. The van der Waals surface area contributed by atoms with Crippen molar-refractivity contribution in [3.05, 3.63) is 207 Å². The molecule has 0 atom stereocenters. The summed E-state index contributed by atoms with van der Waals surface area (Å²) in [6.45, 7) is 0. The van der Waals surface area contributed by atoms with Crippen molar-refractivity contribution in [1.29, 1.82) is 0 Å². The lowest BCUT2D eigenvalue weighted by molar-refractivity contribution is 1.37. The van der Waals surface area contributed by atoms with Gasteiger partial charge in [-0.15, -0.1) is 0 Å². The fourth-order valence-corrected chi connectivity index (χ4v) is 11.1. The molecular weight excluding hydrogens is 749 g/mol. The molecule has 0 saturated carbocycles. The van der Waals surface area contributed by atoms with Crippen LogP contribution in [0.2, 0.25) is 0 Å². The van der Waals surface area contributed by atoms with Crippen LogP contribution < -0.4 is 0 Å². The van der Waals surface area contributed by atoms with E-state index in [0.29, 0.717) is 0 Å². The van der Waals surface area contributed by atoms with Crippen molar-refractivity contribution in [2.75, 3.05) is 0 Å². The van der Waals surface area contributed by atoms with Gasteiger partial charge in [-0.1, -0.05) is 170 Å². The molecule has 2 heterocycles. The lowest BCUT2D eigenvalue weighted by atomic mass is 9.84. The molecule has 284 valence electrons. The fourth-order valence-electron chi connectivity index (χ4n) is 11.1. The molecule has 2 heteroatoms. The highest BCUT2D eigenvalue weighted by Gasteiger charge is 2.21. The molecule has 0 spiro atoms. The number of hydrogen-bond donors (Lipinski definition) is 0. The van der Waals surface area contributed by atoms with Gasteiger partial charge in [-0.3, -0.25) is 9.97 Å². The molecule has 0 unspecified atom stereocenters. The maximum absolute atomic E-state index is 4.87. The van der Waals surface area contributed by atoms with E-state index >= 15 is 0 Å². The average molecular weight is 783 g/mol.